The van der Waals surface area contributed by atoms with E-state index in [0.29, 0.717) is 16.3 Å². The van der Waals surface area contributed by atoms with Crippen LogP contribution in [-0.4, -0.2) is 54.5 Å². The SMILES string of the molecule is CCOC(=O)C1=C(COC(=O)CCC(=O)O)N=C(C)C(C(=O)OCC)C1c1ccccc1Cl. The number of hydrogen-bond donors (Lipinski definition) is 1. The van der Waals surface area contributed by atoms with Gasteiger partial charge in [-0.15, -0.1) is 0 Å². The molecule has 1 aromatic rings. The molecule has 0 fully saturated rings. The van der Waals surface area contributed by atoms with Gasteiger partial charge in [0.25, 0.3) is 0 Å². The van der Waals surface area contributed by atoms with E-state index in [1.54, 1.807) is 45.0 Å². The quantitative estimate of drug-likeness (QED) is 0.399. The monoisotopic (exact) mass is 479 g/mol. The Labute approximate surface area is 196 Å². The van der Waals surface area contributed by atoms with Gasteiger partial charge in [0.15, 0.2) is 0 Å². The Bertz CT molecular complexity index is 984. The molecule has 1 aliphatic heterocycles. The number of carboxylic acid groups (broad SMARTS) is 1. The number of carbonyl (C=O) groups excluding carboxylic acids is 3. The van der Waals surface area contributed by atoms with E-state index in [-0.39, 0.29) is 30.9 Å². The molecule has 0 bridgehead atoms. The fourth-order valence-electron chi connectivity index (χ4n) is 3.52. The molecule has 0 aliphatic carbocycles. The van der Waals surface area contributed by atoms with Crippen LogP contribution < -0.4 is 0 Å². The molecule has 0 saturated carbocycles. The Morgan fingerprint density at radius 1 is 1.03 bits per heavy atom. The average Bonchev–Trinajstić information content (AvgIpc) is 2.76. The van der Waals surface area contributed by atoms with Crippen molar-refractivity contribution in [3.8, 4) is 0 Å². The lowest BCUT2D eigenvalue weighted by Crippen LogP contribution is -2.37. The second kappa shape index (κ2) is 12.2. The average molecular weight is 480 g/mol. The van der Waals surface area contributed by atoms with Crippen LogP contribution in [0.1, 0.15) is 45.1 Å². The van der Waals surface area contributed by atoms with Crippen LogP contribution in [0.4, 0.5) is 0 Å². The largest absolute Gasteiger partial charge is 0.481 e. The highest BCUT2D eigenvalue weighted by molar-refractivity contribution is 6.31. The topological polar surface area (TPSA) is 129 Å². The van der Waals surface area contributed by atoms with Gasteiger partial charge in [0.2, 0.25) is 0 Å². The van der Waals surface area contributed by atoms with Crippen LogP contribution in [0.3, 0.4) is 0 Å². The van der Waals surface area contributed by atoms with E-state index in [4.69, 9.17) is 30.9 Å². The van der Waals surface area contributed by atoms with E-state index in [0.717, 1.165) is 0 Å². The number of aliphatic imine (C=N–C) groups is 1. The third kappa shape index (κ3) is 6.64. The molecule has 1 N–H and O–H groups in total. The summed E-state index contributed by atoms with van der Waals surface area (Å²) in [6, 6.07) is 6.76. The summed E-state index contributed by atoms with van der Waals surface area (Å²) in [7, 11) is 0. The molecule has 0 aromatic heterocycles. The van der Waals surface area contributed by atoms with Crippen LogP contribution in [-0.2, 0) is 33.4 Å². The van der Waals surface area contributed by atoms with Crippen molar-refractivity contribution in [1.29, 1.82) is 0 Å². The number of aliphatic carboxylic acids is 1. The zero-order valence-corrected chi connectivity index (χ0v) is 19.4. The molecule has 0 spiro atoms. The number of carbonyl (C=O) groups is 4. The van der Waals surface area contributed by atoms with Crippen molar-refractivity contribution >= 4 is 41.2 Å². The fraction of sp³-hybridized carbons (Fsp3) is 0.435. The molecule has 2 rings (SSSR count). The van der Waals surface area contributed by atoms with Crippen LogP contribution in [0, 0.1) is 5.92 Å². The van der Waals surface area contributed by atoms with Gasteiger partial charge >= 0.3 is 23.9 Å². The van der Waals surface area contributed by atoms with E-state index in [1.807, 2.05) is 0 Å². The fourth-order valence-corrected chi connectivity index (χ4v) is 3.78. The first-order chi connectivity index (χ1) is 15.7. The number of ether oxygens (including phenoxy) is 3. The second-order valence-corrected chi connectivity index (χ2v) is 7.52. The van der Waals surface area contributed by atoms with Gasteiger partial charge in [0, 0.05) is 16.7 Å². The zero-order chi connectivity index (χ0) is 24.5. The van der Waals surface area contributed by atoms with Gasteiger partial charge in [-0.25, -0.2) is 4.79 Å². The second-order valence-electron chi connectivity index (χ2n) is 7.12. The third-order valence-electron chi connectivity index (χ3n) is 4.91. The summed E-state index contributed by atoms with van der Waals surface area (Å²) < 4.78 is 15.6. The minimum absolute atomic E-state index is 0.0274. The summed E-state index contributed by atoms with van der Waals surface area (Å²) in [6.07, 6.45) is -0.725. The maximum absolute atomic E-state index is 13.0. The predicted molar refractivity (Wildman–Crippen MR) is 119 cm³/mol. The Morgan fingerprint density at radius 3 is 2.30 bits per heavy atom. The van der Waals surface area contributed by atoms with Crippen molar-refractivity contribution in [1.82, 2.24) is 0 Å². The van der Waals surface area contributed by atoms with Gasteiger partial charge in [-0.1, -0.05) is 29.8 Å². The molecule has 33 heavy (non-hydrogen) atoms. The number of rotatable bonds is 10. The summed E-state index contributed by atoms with van der Waals surface area (Å²) in [6.45, 7) is 4.71. The highest BCUT2D eigenvalue weighted by atomic mass is 35.5. The van der Waals surface area contributed by atoms with Gasteiger partial charge in [-0.05, 0) is 32.4 Å². The number of nitrogens with zero attached hydrogens (tertiary/aromatic N) is 1. The summed E-state index contributed by atoms with van der Waals surface area (Å²) in [5.74, 6) is -5.05. The Hall–Kier alpha value is -3.20. The number of benzene rings is 1. The smallest absolute Gasteiger partial charge is 0.336 e. The molecule has 0 saturated heterocycles. The summed E-state index contributed by atoms with van der Waals surface area (Å²) in [4.78, 5) is 53.0. The maximum atomic E-state index is 13.0. The molecule has 9 nitrogen and oxygen atoms in total. The lowest BCUT2D eigenvalue weighted by molar-refractivity contribution is -0.147. The minimum atomic E-state index is -1.14. The molecule has 178 valence electrons. The highest BCUT2D eigenvalue weighted by Gasteiger charge is 2.44. The first-order valence-corrected chi connectivity index (χ1v) is 10.8. The van der Waals surface area contributed by atoms with E-state index in [1.165, 1.54) is 0 Å². The molecular formula is C23H26ClNO8. The van der Waals surface area contributed by atoms with Crippen molar-refractivity contribution in [2.24, 2.45) is 10.9 Å². The van der Waals surface area contributed by atoms with E-state index in [9.17, 15) is 19.2 Å². The van der Waals surface area contributed by atoms with Gasteiger partial charge in [0.1, 0.15) is 12.5 Å². The normalized spacial score (nSPS) is 17.8. The van der Waals surface area contributed by atoms with E-state index >= 15 is 0 Å². The van der Waals surface area contributed by atoms with Gasteiger partial charge in [-0.3, -0.25) is 19.4 Å². The van der Waals surface area contributed by atoms with Crippen molar-refractivity contribution in [3.05, 3.63) is 46.1 Å². The van der Waals surface area contributed by atoms with E-state index < -0.39 is 48.7 Å². The summed E-state index contributed by atoms with van der Waals surface area (Å²) in [5, 5.41) is 9.07. The van der Waals surface area contributed by atoms with Gasteiger partial charge in [0.05, 0.1) is 37.3 Å². The first kappa shape index (κ1) is 26.1. The van der Waals surface area contributed by atoms with Crippen LogP contribution >= 0.6 is 11.6 Å². The Balaban J connectivity index is 2.58. The zero-order valence-electron chi connectivity index (χ0n) is 18.6. The van der Waals surface area contributed by atoms with Gasteiger partial charge in [-0.2, -0.15) is 0 Å². The molecule has 2 unspecified atom stereocenters. The lowest BCUT2D eigenvalue weighted by atomic mass is 9.75. The number of carboxylic acids is 1. The molecule has 10 heteroatoms. The van der Waals surface area contributed by atoms with Crippen molar-refractivity contribution < 1.29 is 38.5 Å². The molecule has 1 aliphatic rings. The van der Waals surface area contributed by atoms with Crippen LogP contribution in [0.15, 0.2) is 40.5 Å². The molecule has 1 heterocycles. The Kier molecular flexibility index (Phi) is 9.59. The molecular weight excluding hydrogens is 454 g/mol. The third-order valence-corrected chi connectivity index (χ3v) is 5.25. The minimum Gasteiger partial charge on any atom is -0.481 e. The van der Waals surface area contributed by atoms with E-state index in [2.05, 4.69) is 4.99 Å². The van der Waals surface area contributed by atoms with Crippen LogP contribution in [0.5, 0.6) is 0 Å². The van der Waals surface area contributed by atoms with Crippen molar-refractivity contribution in [3.63, 3.8) is 0 Å². The standard InChI is InChI=1S/C23H26ClNO8/c1-4-31-22(29)19-13(3)25-16(12-33-18(28)11-10-17(26)27)21(23(30)32-5-2)20(19)14-8-6-7-9-15(14)24/h6-9,19-20H,4-5,10-12H2,1-3H3,(H,26,27). The van der Waals surface area contributed by atoms with Gasteiger partial charge < -0.3 is 19.3 Å². The summed E-state index contributed by atoms with van der Waals surface area (Å²) >= 11 is 6.44. The first-order valence-electron chi connectivity index (χ1n) is 10.4. The molecule has 2 atom stereocenters. The highest BCUT2D eigenvalue weighted by Crippen LogP contribution is 2.42. The molecule has 0 amide bonds. The lowest BCUT2D eigenvalue weighted by Gasteiger charge is -2.32. The maximum Gasteiger partial charge on any atom is 0.336 e. The van der Waals surface area contributed by atoms with Crippen molar-refractivity contribution in [2.45, 2.75) is 39.5 Å². The predicted octanol–water partition coefficient (Wildman–Crippen LogP) is 3.30. The Morgan fingerprint density at radius 2 is 1.70 bits per heavy atom. The number of halogens is 1. The summed E-state index contributed by atoms with van der Waals surface area (Å²) in [5.41, 5.74) is 0.965. The van der Waals surface area contributed by atoms with Crippen LogP contribution in [0.25, 0.3) is 0 Å². The van der Waals surface area contributed by atoms with Crippen molar-refractivity contribution in [2.75, 3.05) is 19.8 Å². The van der Waals surface area contributed by atoms with Crippen LogP contribution in [0.2, 0.25) is 5.02 Å². The molecule has 0 radical (unpaired) electrons. The molecule has 1 aromatic carbocycles. The number of hydrogen-bond acceptors (Lipinski definition) is 8. The number of esters is 3.